The number of carbonyl (C=O) groups excluding carboxylic acids is 3. The standard InChI is InChI=1S/C10H14O3/c1-9(2)5-6(11)7(12)8(13)10(9,3)4/h5H2,1-4H3. The normalized spacial score (nSPS) is 26.3. The summed E-state index contributed by atoms with van der Waals surface area (Å²) in [7, 11) is 0. The van der Waals surface area contributed by atoms with E-state index in [4.69, 9.17) is 0 Å². The largest absolute Gasteiger partial charge is 0.290 e. The molecule has 0 amide bonds. The first-order valence-corrected chi connectivity index (χ1v) is 4.32. The zero-order chi connectivity index (χ0) is 10.4. The Morgan fingerprint density at radius 3 is 1.92 bits per heavy atom. The molecule has 0 radical (unpaired) electrons. The lowest BCUT2D eigenvalue weighted by atomic mass is 9.58. The minimum Gasteiger partial charge on any atom is -0.290 e. The van der Waals surface area contributed by atoms with E-state index < -0.39 is 28.2 Å². The van der Waals surface area contributed by atoms with Crippen molar-refractivity contribution in [3.05, 3.63) is 0 Å². The molecule has 3 heteroatoms. The lowest BCUT2D eigenvalue weighted by Crippen LogP contribution is -2.51. The number of hydrogen-bond acceptors (Lipinski definition) is 3. The molecule has 0 atom stereocenters. The maximum atomic E-state index is 11.5. The summed E-state index contributed by atoms with van der Waals surface area (Å²) in [6.45, 7) is 7.13. The molecule has 0 aromatic heterocycles. The van der Waals surface area contributed by atoms with Crippen LogP contribution in [0.1, 0.15) is 34.1 Å². The van der Waals surface area contributed by atoms with E-state index in [1.807, 2.05) is 13.8 Å². The second kappa shape index (κ2) is 2.50. The van der Waals surface area contributed by atoms with Gasteiger partial charge in [-0.1, -0.05) is 27.7 Å². The molecule has 0 bridgehead atoms. The Bertz CT molecular complexity index is 297. The van der Waals surface area contributed by atoms with Crippen molar-refractivity contribution in [2.45, 2.75) is 34.1 Å². The van der Waals surface area contributed by atoms with Gasteiger partial charge in [-0.15, -0.1) is 0 Å². The zero-order valence-corrected chi connectivity index (χ0v) is 8.43. The predicted octanol–water partition coefficient (Wildman–Crippen LogP) is 1.15. The average Bonchev–Trinajstić information content (AvgIpc) is 1.98. The van der Waals surface area contributed by atoms with Gasteiger partial charge in [0.15, 0.2) is 0 Å². The van der Waals surface area contributed by atoms with Crippen LogP contribution in [-0.4, -0.2) is 17.3 Å². The third kappa shape index (κ3) is 1.23. The Morgan fingerprint density at radius 1 is 1.00 bits per heavy atom. The van der Waals surface area contributed by atoms with Crippen molar-refractivity contribution in [1.29, 1.82) is 0 Å². The fraction of sp³-hybridized carbons (Fsp3) is 0.700. The van der Waals surface area contributed by atoms with Gasteiger partial charge in [0.05, 0.1) is 0 Å². The van der Waals surface area contributed by atoms with Crippen LogP contribution in [0.25, 0.3) is 0 Å². The Morgan fingerprint density at radius 2 is 1.46 bits per heavy atom. The molecular formula is C10H14O3. The van der Waals surface area contributed by atoms with Gasteiger partial charge in [-0.3, -0.25) is 14.4 Å². The van der Waals surface area contributed by atoms with Crippen LogP contribution in [0.4, 0.5) is 0 Å². The first-order chi connectivity index (χ1) is 5.70. The lowest BCUT2D eigenvalue weighted by molar-refractivity contribution is -0.156. The van der Waals surface area contributed by atoms with Crippen molar-refractivity contribution in [2.24, 2.45) is 10.8 Å². The van der Waals surface area contributed by atoms with Crippen LogP contribution in [0.5, 0.6) is 0 Å². The summed E-state index contributed by atoms with van der Waals surface area (Å²) >= 11 is 0. The molecule has 72 valence electrons. The third-order valence-electron chi connectivity index (χ3n) is 3.32. The van der Waals surface area contributed by atoms with Crippen LogP contribution in [-0.2, 0) is 14.4 Å². The van der Waals surface area contributed by atoms with Crippen LogP contribution < -0.4 is 0 Å². The monoisotopic (exact) mass is 182 g/mol. The molecule has 0 saturated heterocycles. The summed E-state index contributed by atoms with van der Waals surface area (Å²) in [5, 5.41) is 0. The number of ketones is 3. The molecule has 0 N–H and O–H groups in total. The van der Waals surface area contributed by atoms with E-state index in [1.54, 1.807) is 13.8 Å². The second-order valence-corrected chi connectivity index (χ2v) is 4.77. The van der Waals surface area contributed by atoms with Gasteiger partial charge >= 0.3 is 0 Å². The van der Waals surface area contributed by atoms with Crippen molar-refractivity contribution < 1.29 is 14.4 Å². The lowest BCUT2D eigenvalue weighted by Gasteiger charge is -2.42. The van der Waals surface area contributed by atoms with E-state index in [0.29, 0.717) is 0 Å². The molecule has 0 aromatic rings. The van der Waals surface area contributed by atoms with Crippen LogP contribution in [0.3, 0.4) is 0 Å². The van der Waals surface area contributed by atoms with Crippen LogP contribution in [0.2, 0.25) is 0 Å². The summed E-state index contributed by atoms with van der Waals surface area (Å²) in [5.74, 6) is -1.92. The number of Topliss-reactive ketones (excluding diaryl/α,β-unsaturated/α-hetero) is 3. The molecule has 0 unspecified atom stereocenters. The highest BCUT2D eigenvalue weighted by Crippen LogP contribution is 2.45. The number of rotatable bonds is 0. The topological polar surface area (TPSA) is 51.2 Å². The minimum atomic E-state index is -0.829. The fourth-order valence-electron chi connectivity index (χ4n) is 1.42. The van der Waals surface area contributed by atoms with Gasteiger partial charge in [0.1, 0.15) is 0 Å². The maximum absolute atomic E-state index is 11.5. The maximum Gasteiger partial charge on any atom is 0.264 e. The highest BCUT2D eigenvalue weighted by Gasteiger charge is 2.52. The van der Waals surface area contributed by atoms with E-state index >= 15 is 0 Å². The highest BCUT2D eigenvalue weighted by molar-refractivity contribution is 6.65. The summed E-state index contributed by atoms with van der Waals surface area (Å²) < 4.78 is 0. The first-order valence-electron chi connectivity index (χ1n) is 4.32. The van der Waals surface area contributed by atoms with E-state index in [9.17, 15) is 14.4 Å². The molecule has 1 saturated carbocycles. The van der Waals surface area contributed by atoms with Gasteiger partial charge in [-0.25, -0.2) is 0 Å². The van der Waals surface area contributed by atoms with E-state index in [0.717, 1.165) is 0 Å². The van der Waals surface area contributed by atoms with Crippen LogP contribution >= 0.6 is 0 Å². The number of hydrogen-bond donors (Lipinski definition) is 0. The third-order valence-corrected chi connectivity index (χ3v) is 3.32. The number of carbonyl (C=O) groups is 3. The molecule has 1 aliphatic carbocycles. The van der Waals surface area contributed by atoms with Gasteiger partial charge < -0.3 is 0 Å². The smallest absolute Gasteiger partial charge is 0.264 e. The molecule has 0 spiro atoms. The van der Waals surface area contributed by atoms with Gasteiger partial charge in [0.2, 0.25) is 11.6 Å². The van der Waals surface area contributed by atoms with Crippen molar-refractivity contribution in [3.8, 4) is 0 Å². The quantitative estimate of drug-likeness (QED) is 0.528. The molecule has 13 heavy (non-hydrogen) atoms. The summed E-state index contributed by atoms with van der Waals surface area (Å²) in [6.07, 6.45) is 0.171. The predicted molar refractivity (Wildman–Crippen MR) is 47.2 cm³/mol. The van der Waals surface area contributed by atoms with Crippen molar-refractivity contribution >= 4 is 17.3 Å². The van der Waals surface area contributed by atoms with Gasteiger partial charge in [-0.2, -0.15) is 0 Å². The van der Waals surface area contributed by atoms with E-state index in [1.165, 1.54) is 0 Å². The molecule has 0 aromatic carbocycles. The zero-order valence-electron chi connectivity index (χ0n) is 8.43. The van der Waals surface area contributed by atoms with Crippen molar-refractivity contribution in [3.63, 3.8) is 0 Å². The van der Waals surface area contributed by atoms with Gasteiger partial charge in [0, 0.05) is 11.8 Å². The molecule has 0 heterocycles. The van der Waals surface area contributed by atoms with Gasteiger partial charge in [0.25, 0.3) is 5.78 Å². The summed E-state index contributed by atoms with van der Waals surface area (Å²) in [4.78, 5) is 33.8. The van der Waals surface area contributed by atoms with Crippen LogP contribution in [0.15, 0.2) is 0 Å². The summed E-state index contributed by atoms with van der Waals surface area (Å²) in [5.41, 5.74) is -1.15. The first kappa shape index (κ1) is 10.1. The Hall–Kier alpha value is -0.990. The Kier molecular flexibility index (Phi) is 1.94. The van der Waals surface area contributed by atoms with Crippen LogP contribution in [0, 0.1) is 10.8 Å². The molecular weight excluding hydrogens is 168 g/mol. The molecule has 3 nitrogen and oxygen atoms in total. The van der Waals surface area contributed by atoms with Gasteiger partial charge in [-0.05, 0) is 5.41 Å². The molecule has 1 fully saturated rings. The Balaban J connectivity index is 3.19. The second-order valence-electron chi connectivity index (χ2n) is 4.77. The SMILES string of the molecule is CC1(C)CC(=O)C(=O)C(=O)C1(C)C. The van der Waals surface area contributed by atoms with E-state index in [-0.39, 0.29) is 6.42 Å². The van der Waals surface area contributed by atoms with Crippen molar-refractivity contribution in [2.75, 3.05) is 0 Å². The van der Waals surface area contributed by atoms with Crippen molar-refractivity contribution in [1.82, 2.24) is 0 Å². The molecule has 0 aliphatic heterocycles. The fourth-order valence-corrected chi connectivity index (χ4v) is 1.42. The molecule has 1 rings (SSSR count). The minimum absolute atomic E-state index is 0.171. The Labute approximate surface area is 77.5 Å². The average molecular weight is 182 g/mol. The molecule has 1 aliphatic rings. The van der Waals surface area contributed by atoms with E-state index in [2.05, 4.69) is 0 Å². The highest BCUT2D eigenvalue weighted by atomic mass is 16.2. The summed E-state index contributed by atoms with van der Waals surface area (Å²) in [6, 6.07) is 0.